The number of nitrogens with zero attached hydrogens (tertiary/aromatic N) is 4. The van der Waals surface area contributed by atoms with Crippen LogP contribution >= 0.6 is 0 Å². The quantitative estimate of drug-likeness (QED) is 0.894. The van der Waals surface area contributed by atoms with Gasteiger partial charge in [0.2, 0.25) is 6.35 Å². The maximum absolute atomic E-state index is 13.0. The van der Waals surface area contributed by atoms with Crippen LogP contribution < -0.4 is 10.6 Å². The summed E-state index contributed by atoms with van der Waals surface area (Å²) in [5.41, 5.74) is 5.77. The molecule has 0 fully saturated rings. The molecule has 2 atom stereocenters. The number of tetrazole rings is 1. The number of nitrogens with two attached hydrogens (primary N) is 1. The van der Waals surface area contributed by atoms with E-state index in [1.807, 2.05) is 6.92 Å². The number of aromatic amines is 1. The van der Waals surface area contributed by atoms with Crippen molar-refractivity contribution >= 4 is 5.69 Å². The Bertz CT molecular complexity index is 697. The fraction of sp³-hybridized carbons (Fsp3) is 0.308. The SMILES string of the molecule is CC(c1ccc(N2C(C(F)(F)F)=COC2N)cc1)c1nn[nH]n1. The number of hydrogen-bond donors (Lipinski definition) is 2. The van der Waals surface area contributed by atoms with Crippen LogP contribution in [0.5, 0.6) is 0 Å². The Hall–Kier alpha value is -2.62. The van der Waals surface area contributed by atoms with Gasteiger partial charge in [-0.05, 0) is 17.7 Å². The van der Waals surface area contributed by atoms with Gasteiger partial charge in [-0.15, -0.1) is 10.2 Å². The predicted molar refractivity (Wildman–Crippen MR) is 73.8 cm³/mol. The van der Waals surface area contributed by atoms with Gasteiger partial charge in [-0.3, -0.25) is 10.6 Å². The molecule has 122 valence electrons. The lowest BCUT2D eigenvalue weighted by atomic mass is 10.0. The summed E-state index contributed by atoms with van der Waals surface area (Å²) in [6.07, 6.45) is -5.14. The van der Waals surface area contributed by atoms with E-state index in [2.05, 4.69) is 20.6 Å². The minimum atomic E-state index is -4.55. The molecular formula is C13H13F3N6O. The van der Waals surface area contributed by atoms with E-state index in [-0.39, 0.29) is 11.6 Å². The summed E-state index contributed by atoms with van der Waals surface area (Å²) in [7, 11) is 0. The minimum Gasteiger partial charge on any atom is -0.463 e. The van der Waals surface area contributed by atoms with Crippen molar-refractivity contribution in [1.82, 2.24) is 20.6 Å². The van der Waals surface area contributed by atoms with Gasteiger partial charge in [0.25, 0.3) is 0 Å². The smallest absolute Gasteiger partial charge is 0.434 e. The standard InChI is InChI=1S/C13H13F3N6O/c1-7(11-18-20-21-19-11)8-2-4-9(5-3-8)22-10(13(14,15)16)6-23-12(22)17/h2-7,12H,17H2,1H3,(H,18,19,20,21). The molecule has 0 saturated carbocycles. The van der Waals surface area contributed by atoms with Gasteiger partial charge < -0.3 is 4.74 Å². The molecule has 23 heavy (non-hydrogen) atoms. The topological polar surface area (TPSA) is 93.0 Å². The zero-order valence-electron chi connectivity index (χ0n) is 11.9. The number of halogens is 3. The lowest BCUT2D eigenvalue weighted by molar-refractivity contribution is -0.0929. The van der Waals surface area contributed by atoms with Gasteiger partial charge in [-0.25, -0.2) is 0 Å². The van der Waals surface area contributed by atoms with E-state index in [4.69, 9.17) is 10.5 Å². The molecule has 2 unspecified atom stereocenters. The summed E-state index contributed by atoms with van der Waals surface area (Å²) in [4.78, 5) is 0.892. The van der Waals surface area contributed by atoms with E-state index in [0.29, 0.717) is 12.1 Å². The number of ether oxygens (including phenoxy) is 1. The first-order valence-corrected chi connectivity index (χ1v) is 6.69. The van der Waals surface area contributed by atoms with Crippen LogP contribution in [0.3, 0.4) is 0 Å². The molecule has 1 aliphatic rings. The third kappa shape index (κ3) is 2.84. The monoisotopic (exact) mass is 326 g/mol. The van der Waals surface area contributed by atoms with E-state index in [1.54, 1.807) is 24.3 Å². The average molecular weight is 326 g/mol. The second kappa shape index (κ2) is 5.54. The van der Waals surface area contributed by atoms with E-state index < -0.39 is 18.2 Å². The lowest BCUT2D eigenvalue weighted by Gasteiger charge is -2.26. The van der Waals surface area contributed by atoms with Crippen molar-refractivity contribution < 1.29 is 17.9 Å². The van der Waals surface area contributed by atoms with Gasteiger partial charge in [-0.1, -0.05) is 24.3 Å². The molecule has 0 spiro atoms. The van der Waals surface area contributed by atoms with Gasteiger partial charge in [0, 0.05) is 11.6 Å². The molecule has 3 N–H and O–H groups in total. The van der Waals surface area contributed by atoms with Crippen LogP contribution in [0, 0.1) is 0 Å². The van der Waals surface area contributed by atoms with Crippen LogP contribution in [0.4, 0.5) is 18.9 Å². The summed E-state index contributed by atoms with van der Waals surface area (Å²) in [5, 5.41) is 13.6. The van der Waals surface area contributed by atoms with Crippen molar-refractivity contribution in [3.05, 3.63) is 47.6 Å². The number of aromatic nitrogens is 4. The Morgan fingerprint density at radius 3 is 2.57 bits per heavy atom. The molecule has 0 radical (unpaired) electrons. The number of rotatable bonds is 3. The second-order valence-electron chi connectivity index (χ2n) is 4.98. The maximum Gasteiger partial charge on any atom is 0.434 e. The summed E-state index contributed by atoms with van der Waals surface area (Å²) in [6.45, 7) is 1.87. The summed E-state index contributed by atoms with van der Waals surface area (Å²) < 4.78 is 43.8. The summed E-state index contributed by atoms with van der Waals surface area (Å²) >= 11 is 0. The molecule has 10 heteroatoms. The van der Waals surface area contributed by atoms with Gasteiger partial charge in [0.1, 0.15) is 6.26 Å². The average Bonchev–Trinajstić information content (AvgIpc) is 3.15. The Labute approximate surface area is 128 Å². The highest BCUT2D eigenvalue weighted by atomic mass is 19.4. The fourth-order valence-corrected chi connectivity index (χ4v) is 2.30. The Balaban J connectivity index is 1.86. The molecule has 0 bridgehead atoms. The molecular weight excluding hydrogens is 313 g/mol. The molecule has 0 aliphatic carbocycles. The van der Waals surface area contributed by atoms with Crippen LogP contribution in [0.15, 0.2) is 36.2 Å². The van der Waals surface area contributed by atoms with Crippen LogP contribution in [-0.2, 0) is 4.74 Å². The number of benzene rings is 1. The lowest BCUT2D eigenvalue weighted by Crippen LogP contribution is -2.41. The van der Waals surface area contributed by atoms with E-state index >= 15 is 0 Å². The van der Waals surface area contributed by atoms with Crippen molar-refractivity contribution in [1.29, 1.82) is 0 Å². The van der Waals surface area contributed by atoms with Crippen molar-refractivity contribution in [2.45, 2.75) is 25.4 Å². The Morgan fingerprint density at radius 2 is 2.00 bits per heavy atom. The number of anilines is 1. The molecule has 1 aromatic carbocycles. The molecule has 2 heterocycles. The second-order valence-corrected chi connectivity index (χ2v) is 4.98. The number of allylic oxidation sites excluding steroid dienone is 1. The maximum atomic E-state index is 13.0. The first kappa shape index (κ1) is 15.3. The van der Waals surface area contributed by atoms with Gasteiger partial charge in [0.05, 0.1) is 0 Å². The third-order valence-corrected chi connectivity index (χ3v) is 3.54. The minimum absolute atomic E-state index is 0.149. The Kier molecular flexibility index (Phi) is 3.68. The van der Waals surface area contributed by atoms with E-state index in [1.165, 1.54) is 0 Å². The highest BCUT2D eigenvalue weighted by Gasteiger charge is 2.44. The first-order valence-electron chi connectivity index (χ1n) is 6.69. The molecule has 0 saturated heterocycles. The zero-order chi connectivity index (χ0) is 16.6. The summed E-state index contributed by atoms with van der Waals surface area (Å²) in [5.74, 6) is 0.346. The van der Waals surface area contributed by atoms with Gasteiger partial charge in [-0.2, -0.15) is 18.4 Å². The fourth-order valence-electron chi connectivity index (χ4n) is 2.30. The number of nitrogens with one attached hydrogen (secondary N) is 1. The first-order chi connectivity index (χ1) is 10.9. The normalized spacial score (nSPS) is 19.4. The largest absolute Gasteiger partial charge is 0.463 e. The van der Waals surface area contributed by atoms with Crippen molar-refractivity contribution in [3.8, 4) is 0 Å². The predicted octanol–water partition coefficient (Wildman–Crippen LogP) is 1.83. The molecule has 3 rings (SSSR count). The number of hydrogen-bond acceptors (Lipinski definition) is 6. The van der Waals surface area contributed by atoms with Crippen LogP contribution in [-0.4, -0.2) is 33.2 Å². The summed E-state index contributed by atoms with van der Waals surface area (Å²) in [6, 6.07) is 6.46. The van der Waals surface area contributed by atoms with Crippen molar-refractivity contribution in [3.63, 3.8) is 0 Å². The molecule has 7 nitrogen and oxygen atoms in total. The molecule has 2 aromatic rings. The third-order valence-electron chi connectivity index (χ3n) is 3.54. The number of H-pyrrole nitrogens is 1. The molecule has 0 amide bonds. The van der Waals surface area contributed by atoms with Gasteiger partial charge in [0.15, 0.2) is 11.5 Å². The van der Waals surface area contributed by atoms with Crippen molar-refractivity contribution in [2.75, 3.05) is 4.90 Å². The highest BCUT2D eigenvalue weighted by molar-refractivity contribution is 5.55. The van der Waals surface area contributed by atoms with Gasteiger partial charge >= 0.3 is 6.18 Å². The molecule has 1 aromatic heterocycles. The van der Waals surface area contributed by atoms with Crippen molar-refractivity contribution in [2.24, 2.45) is 5.73 Å². The zero-order valence-corrected chi connectivity index (χ0v) is 11.9. The number of alkyl halides is 3. The molecule has 1 aliphatic heterocycles. The van der Waals surface area contributed by atoms with E-state index in [9.17, 15) is 13.2 Å². The Morgan fingerprint density at radius 1 is 1.30 bits per heavy atom. The van der Waals surface area contributed by atoms with E-state index in [0.717, 1.165) is 10.5 Å². The van der Waals surface area contributed by atoms with Crippen LogP contribution in [0.2, 0.25) is 0 Å². The highest BCUT2D eigenvalue weighted by Crippen LogP contribution is 2.37. The van der Waals surface area contributed by atoms with Crippen LogP contribution in [0.25, 0.3) is 0 Å². The van der Waals surface area contributed by atoms with Crippen LogP contribution in [0.1, 0.15) is 24.2 Å².